The van der Waals surface area contributed by atoms with E-state index >= 15 is 0 Å². The van der Waals surface area contributed by atoms with Crippen LogP contribution in [-0.4, -0.2) is 35.9 Å². The minimum absolute atomic E-state index is 0.525. The summed E-state index contributed by atoms with van der Waals surface area (Å²) < 4.78 is 2.32. The third-order valence-corrected chi connectivity index (χ3v) is 5.74. The van der Waals surface area contributed by atoms with Gasteiger partial charge in [0, 0.05) is 35.6 Å². The molecule has 0 radical (unpaired) electrons. The van der Waals surface area contributed by atoms with Crippen LogP contribution in [0.2, 0.25) is 5.02 Å². The van der Waals surface area contributed by atoms with Crippen LogP contribution >= 0.6 is 11.6 Å². The molecule has 0 saturated carbocycles. The summed E-state index contributed by atoms with van der Waals surface area (Å²) in [6, 6.07) is 10.2. The molecule has 0 unspecified atom stereocenters. The maximum absolute atomic E-state index is 6.16. The van der Waals surface area contributed by atoms with Crippen LogP contribution in [0.4, 0.5) is 0 Å². The van der Waals surface area contributed by atoms with Crippen LogP contribution < -0.4 is 5.32 Å². The zero-order chi connectivity index (χ0) is 19.5. The van der Waals surface area contributed by atoms with Crippen LogP contribution in [0, 0.1) is 0 Å². The third kappa shape index (κ3) is 3.50. The molecular weight excluding hydrogens is 368 g/mol. The Morgan fingerprint density at radius 1 is 1.21 bits per heavy atom. The lowest BCUT2D eigenvalue weighted by molar-refractivity contribution is 0.461. The number of nitrogens with one attached hydrogen (secondary N) is 1. The lowest BCUT2D eigenvalue weighted by Crippen LogP contribution is -2.27. The van der Waals surface area contributed by atoms with Gasteiger partial charge in [0.25, 0.3) is 0 Å². The Balaban J connectivity index is 2.04. The Morgan fingerprint density at radius 2 is 1.96 bits per heavy atom. The van der Waals surface area contributed by atoms with Crippen LogP contribution in [0.3, 0.4) is 0 Å². The van der Waals surface area contributed by atoms with Crippen LogP contribution in [0.15, 0.2) is 53.8 Å². The number of aliphatic imine (C=N–C) groups is 1. The molecule has 4 rings (SSSR count). The summed E-state index contributed by atoms with van der Waals surface area (Å²) in [4.78, 5) is 8.59. The van der Waals surface area contributed by atoms with Crippen molar-refractivity contribution < 1.29 is 0 Å². The topological polar surface area (TPSA) is 42.2 Å². The molecule has 2 aromatic heterocycles. The van der Waals surface area contributed by atoms with Crippen molar-refractivity contribution in [1.29, 1.82) is 0 Å². The van der Waals surface area contributed by atoms with Gasteiger partial charge in [0.15, 0.2) is 0 Å². The Morgan fingerprint density at radius 3 is 2.68 bits per heavy atom. The molecule has 1 aliphatic rings. The number of pyridine rings is 1. The summed E-state index contributed by atoms with van der Waals surface area (Å²) in [6.07, 6.45) is 10.1. The molecule has 3 aromatic rings. The number of hydrogen-bond donors (Lipinski definition) is 1. The van der Waals surface area contributed by atoms with Crippen molar-refractivity contribution in [2.24, 2.45) is 4.99 Å². The normalized spacial score (nSPS) is 16.3. The molecule has 4 nitrogen and oxygen atoms in total. The number of halogens is 1. The second-order valence-corrected chi connectivity index (χ2v) is 7.68. The van der Waals surface area contributed by atoms with E-state index in [1.807, 2.05) is 30.7 Å². The van der Waals surface area contributed by atoms with Crippen LogP contribution in [0.1, 0.15) is 36.9 Å². The standard InChI is InChI=1S/C23H25ClN4/c1-16(7-11-25-2)23-22(17-8-12-26-13-9-17)20-10-14-27-15-21(20)28(23)19-5-3-18(24)4-6-19/h3-7,10-11,14-15,17,26H,8-9,12-13H2,1-2H3/b16-7+,25-11-. The van der Waals surface area contributed by atoms with Crippen molar-refractivity contribution in [2.45, 2.75) is 25.7 Å². The van der Waals surface area contributed by atoms with E-state index in [1.165, 1.54) is 22.2 Å². The van der Waals surface area contributed by atoms with E-state index in [9.17, 15) is 0 Å². The number of fused-ring (bicyclic) bond motifs is 1. The van der Waals surface area contributed by atoms with Gasteiger partial charge in [-0.3, -0.25) is 9.98 Å². The van der Waals surface area contributed by atoms with Crippen molar-refractivity contribution in [3.05, 3.63) is 65.1 Å². The molecule has 1 fully saturated rings. The van der Waals surface area contributed by atoms with E-state index in [2.05, 4.69) is 51.1 Å². The highest BCUT2D eigenvalue weighted by Gasteiger charge is 2.26. The molecular formula is C23H25ClN4. The fourth-order valence-electron chi connectivity index (χ4n) is 4.20. The fraction of sp³-hybridized carbons (Fsp3) is 0.304. The zero-order valence-electron chi connectivity index (χ0n) is 16.3. The van der Waals surface area contributed by atoms with Crippen molar-refractivity contribution in [1.82, 2.24) is 14.9 Å². The van der Waals surface area contributed by atoms with Crippen molar-refractivity contribution in [2.75, 3.05) is 20.1 Å². The molecule has 3 heterocycles. The summed E-state index contributed by atoms with van der Waals surface area (Å²) in [5.41, 5.74) is 6.10. The summed E-state index contributed by atoms with van der Waals surface area (Å²) in [5.74, 6) is 0.525. The fourth-order valence-corrected chi connectivity index (χ4v) is 4.32. The first kappa shape index (κ1) is 18.9. The number of hydrogen-bond acceptors (Lipinski definition) is 3. The van der Waals surface area contributed by atoms with Crippen molar-refractivity contribution in [3.63, 3.8) is 0 Å². The Kier molecular flexibility index (Phi) is 5.60. The van der Waals surface area contributed by atoms with E-state index in [-0.39, 0.29) is 0 Å². The highest BCUT2D eigenvalue weighted by molar-refractivity contribution is 6.30. The molecule has 1 N–H and O–H groups in total. The van der Waals surface area contributed by atoms with Gasteiger partial charge in [-0.05, 0) is 86.3 Å². The minimum atomic E-state index is 0.525. The van der Waals surface area contributed by atoms with E-state index in [4.69, 9.17) is 11.6 Å². The zero-order valence-corrected chi connectivity index (χ0v) is 17.1. The summed E-state index contributed by atoms with van der Waals surface area (Å²) >= 11 is 6.16. The lowest BCUT2D eigenvalue weighted by atomic mass is 9.87. The Hall–Kier alpha value is -2.43. The molecule has 5 heteroatoms. The van der Waals surface area contributed by atoms with Gasteiger partial charge in [-0.15, -0.1) is 0 Å². The predicted octanol–water partition coefficient (Wildman–Crippen LogP) is 5.25. The molecule has 0 amide bonds. The first-order valence-corrected chi connectivity index (χ1v) is 10.1. The van der Waals surface area contributed by atoms with Crippen LogP contribution in [0.25, 0.3) is 22.2 Å². The Bertz CT molecular complexity index is 1020. The average molecular weight is 393 g/mol. The highest BCUT2D eigenvalue weighted by atomic mass is 35.5. The van der Waals surface area contributed by atoms with Crippen LogP contribution in [0.5, 0.6) is 0 Å². The number of allylic oxidation sites excluding steroid dienone is 2. The molecule has 1 aliphatic heterocycles. The van der Waals surface area contributed by atoms with Gasteiger partial charge in [-0.1, -0.05) is 11.6 Å². The predicted molar refractivity (Wildman–Crippen MR) is 119 cm³/mol. The summed E-state index contributed by atoms with van der Waals surface area (Å²) in [6.45, 7) is 4.28. The monoisotopic (exact) mass is 392 g/mol. The van der Waals surface area contributed by atoms with Gasteiger partial charge in [0.05, 0.1) is 17.4 Å². The van der Waals surface area contributed by atoms with E-state index in [1.54, 1.807) is 7.05 Å². The average Bonchev–Trinajstić information content (AvgIpc) is 3.08. The second-order valence-electron chi connectivity index (χ2n) is 7.25. The Labute approximate surface area is 171 Å². The van der Waals surface area contributed by atoms with Gasteiger partial charge < -0.3 is 9.88 Å². The van der Waals surface area contributed by atoms with Gasteiger partial charge in [0.1, 0.15) is 0 Å². The maximum Gasteiger partial charge on any atom is 0.0721 e. The molecule has 0 bridgehead atoms. The molecule has 0 atom stereocenters. The first-order chi connectivity index (χ1) is 13.7. The first-order valence-electron chi connectivity index (χ1n) is 9.75. The minimum Gasteiger partial charge on any atom is -0.317 e. The molecule has 1 saturated heterocycles. The van der Waals surface area contributed by atoms with Gasteiger partial charge in [0.2, 0.25) is 0 Å². The van der Waals surface area contributed by atoms with Gasteiger partial charge >= 0.3 is 0 Å². The van der Waals surface area contributed by atoms with E-state index in [0.717, 1.165) is 42.2 Å². The van der Waals surface area contributed by atoms with Crippen LogP contribution in [-0.2, 0) is 0 Å². The SMILES string of the molecule is C/N=C\C=C(/C)c1c(C2CCNCC2)c2ccncc2n1-c1ccc(Cl)cc1. The smallest absolute Gasteiger partial charge is 0.0721 e. The molecule has 0 aliphatic carbocycles. The highest BCUT2D eigenvalue weighted by Crippen LogP contribution is 2.40. The third-order valence-electron chi connectivity index (χ3n) is 5.49. The van der Waals surface area contributed by atoms with Crippen molar-refractivity contribution >= 4 is 34.3 Å². The number of aromatic nitrogens is 2. The number of benzene rings is 1. The van der Waals surface area contributed by atoms with Crippen molar-refractivity contribution in [3.8, 4) is 5.69 Å². The van der Waals surface area contributed by atoms with E-state index in [0.29, 0.717) is 5.92 Å². The largest absolute Gasteiger partial charge is 0.317 e. The van der Waals surface area contributed by atoms with E-state index < -0.39 is 0 Å². The lowest BCUT2D eigenvalue weighted by Gasteiger charge is -2.24. The molecule has 1 aromatic carbocycles. The number of piperidine rings is 1. The summed E-state index contributed by atoms with van der Waals surface area (Å²) in [5, 5.41) is 5.52. The summed E-state index contributed by atoms with van der Waals surface area (Å²) in [7, 11) is 1.80. The second kappa shape index (κ2) is 8.29. The molecule has 0 spiro atoms. The molecule has 28 heavy (non-hydrogen) atoms. The quantitative estimate of drug-likeness (QED) is 0.616. The molecule has 144 valence electrons. The maximum atomic E-state index is 6.16. The number of nitrogens with zero attached hydrogens (tertiary/aromatic N) is 3. The van der Waals surface area contributed by atoms with Gasteiger partial charge in [-0.2, -0.15) is 0 Å². The number of rotatable bonds is 4. The van der Waals surface area contributed by atoms with Gasteiger partial charge in [-0.25, -0.2) is 0 Å².